The molecule has 2 aromatic rings. The molecule has 7 nitrogen and oxygen atoms in total. The lowest BCUT2D eigenvalue weighted by Gasteiger charge is -2.29. The van der Waals surface area contributed by atoms with Crippen molar-refractivity contribution in [3.63, 3.8) is 0 Å². The Morgan fingerprint density at radius 3 is 2.65 bits per heavy atom. The van der Waals surface area contributed by atoms with Gasteiger partial charge in [-0.15, -0.1) is 0 Å². The number of nitrogens with zero attached hydrogens (tertiary/aromatic N) is 2. The van der Waals surface area contributed by atoms with Crippen molar-refractivity contribution in [2.75, 3.05) is 7.11 Å². The lowest BCUT2D eigenvalue weighted by molar-refractivity contribution is 0.0928. The number of hydrogen-bond donors (Lipinski definition) is 1. The van der Waals surface area contributed by atoms with E-state index < -0.39 is 12.1 Å². The van der Waals surface area contributed by atoms with Gasteiger partial charge in [0, 0.05) is 10.7 Å². The number of aryl methyl sites for hydroxylation is 1. The summed E-state index contributed by atoms with van der Waals surface area (Å²) in [5.41, 5.74) is 3.02. The van der Waals surface area contributed by atoms with Crippen LogP contribution in [0.3, 0.4) is 0 Å². The van der Waals surface area contributed by atoms with E-state index in [2.05, 4.69) is 20.2 Å². The van der Waals surface area contributed by atoms with E-state index in [0.29, 0.717) is 33.8 Å². The Hall–Kier alpha value is -2.80. The van der Waals surface area contributed by atoms with Gasteiger partial charge in [-0.2, -0.15) is 4.98 Å². The summed E-state index contributed by atoms with van der Waals surface area (Å²) in [5.74, 6) is 0.771. The fourth-order valence-electron chi connectivity index (χ4n) is 2.94. The number of hydrogen-bond acceptors (Lipinski definition) is 7. The summed E-state index contributed by atoms with van der Waals surface area (Å²) in [6.45, 7) is 5.44. The molecule has 2 heterocycles. The lowest BCUT2D eigenvalue weighted by Crippen LogP contribution is -2.26. The first-order valence-electron chi connectivity index (χ1n) is 7.91. The standard InChI is InChI=1S/C18H18ClN3O4/c1-9-14(17-21-11(3)22-26-17)15(12-6-5-7-13(19)8-12)16(10(2)20-9)25-18(23)24-4/h5-8,15,20H,1-4H3. The van der Waals surface area contributed by atoms with Crippen LogP contribution in [0.4, 0.5) is 4.79 Å². The van der Waals surface area contributed by atoms with E-state index in [9.17, 15) is 4.79 Å². The fourth-order valence-corrected chi connectivity index (χ4v) is 3.13. The largest absolute Gasteiger partial charge is 0.513 e. The molecule has 0 fully saturated rings. The van der Waals surface area contributed by atoms with Crippen molar-refractivity contribution in [3.8, 4) is 0 Å². The molecule has 1 aromatic heterocycles. The van der Waals surface area contributed by atoms with Crippen LogP contribution in [0.5, 0.6) is 0 Å². The van der Waals surface area contributed by atoms with E-state index in [0.717, 1.165) is 11.3 Å². The Labute approximate surface area is 155 Å². The molecule has 1 atom stereocenters. The Morgan fingerprint density at radius 2 is 2.04 bits per heavy atom. The van der Waals surface area contributed by atoms with Crippen molar-refractivity contribution in [3.05, 3.63) is 63.7 Å². The molecule has 1 N–H and O–H groups in total. The quantitative estimate of drug-likeness (QED) is 0.806. The molecule has 26 heavy (non-hydrogen) atoms. The molecule has 0 aliphatic carbocycles. The van der Waals surface area contributed by atoms with Crippen LogP contribution in [-0.4, -0.2) is 23.4 Å². The Balaban J connectivity index is 2.18. The zero-order chi connectivity index (χ0) is 18.8. The highest BCUT2D eigenvalue weighted by Gasteiger charge is 2.35. The van der Waals surface area contributed by atoms with Crippen LogP contribution in [0.15, 0.2) is 45.9 Å². The van der Waals surface area contributed by atoms with Gasteiger partial charge in [-0.25, -0.2) is 4.79 Å². The summed E-state index contributed by atoms with van der Waals surface area (Å²) in [7, 11) is 1.26. The summed E-state index contributed by atoms with van der Waals surface area (Å²) in [6, 6.07) is 7.31. The lowest BCUT2D eigenvalue weighted by atomic mass is 9.85. The van der Waals surface area contributed by atoms with E-state index in [1.807, 2.05) is 32.0 Å². The summed E-state index contributed by atoms with van der Waals surface area (Å²) in [4.78, 5) is 16.1. The predicted octanol–water partition coefficient (Wildman–Crippen LogP) is 4.16. The second-order valence-corrected chi connectivity index (χ2v) is 6.28. The highest BCUT2D eigenvalue weighted by molar-refractivity contribution is 6.30. The molecular weight excluding hydrogens is 358 g/mol. The van der Waals surface area contributed by atoms with Crippen LogP contribution in [0, 0.1) is 6.92 Å². The zero-order valence-electron chi connectivity index (χ0n) is 14.8. The number of nitrogens with one attached hydrogen (secondary N) is 1. The first-order valence-corrected chi connectivity index (χ1v) is 8.29. The minimum atomic E-state index is -0.811. The van der Waals surface area contributed by atoms with Gasteiger partial charge in [0.2, 0.25) is 0 Å². The van der Waals surface area contributed by atoms with Crippen LogP contribution in [-0.2, 0) is 9.47 Å². The summed E-state index contributed by atoms with van der Waals surface area (Å²) in [6.07, 6.45) is -0.811. The van der Waals surface area contributed by atoms with Crippen LogP contribution in [0.1, 0.15) is 37.0 Å². The zero-order valence-corrected chi connectivity index (χ0v) is 15.5. The molecule has 1 aliphatic rings. The Morgan fingerprint density at radius 1 is 1.27 bits per heavy atom. The molecule has 0 saturated carbocycles. The minimum Gasteiger partial charge on any atom is -0.437 e. The van der Waals surface area contributed by atoms with E-state index in [-0.39, 0.29) is 0 Å². The molecule has 0 bridgehead atoms. The third-order valence-electron chi connectivity index (χ3n) is 4.00. The van der Waals surface area contributed by atoms with Crippen molar-refractivity contribution in [2.45, 2.75) is 26.7 Å². The molecule has 1 unspecified atom stereocenters. The minimum absolute atomic E-state index is 0.343. The number of aromatic nitrogens is 2. The molecule has 3 rings (SSSR count). The molecule has 1 aliphatic heterocycles. The van der Waals surface area contributed by atoms with Crippen LogP contribution in [0.2, 0.25) is 5.02 Å². The second-order valence-electron chi connectivity index (χ2n) is 5.84. The third-order valence-corrected chi connectivity index (χ3v) is 4.23. The highest BCUT2D eigenvalue weighted by atomic mass is 35.5. The van der Waals surface area contributed by atoms with E-state index in [1.165, 1.54) is 7.11 Å². The van der Waals surface area contributed by atoms with Crippen molar-refractivity contribution < 1.29 is 18.8 Å². The third kappa shape index (κ3) is 3.43. The second kappa shape index (κ2) is 7.21. The first kappa shape index (κ1) is 18.0. The predicted molar refractivity (Wildman–Crippen MR) is 95.1 cm³/mol. The number of carbonyl (C=O) groups excluding carboxylic acids is 1. The number of methoxy groups -OCH3 is 1. The van der Waals surface area contributed by atoms with Crippen molar-refractivity contribution in [2.24, 2.45) is 0 Å². The van der Waals surface area contributed by atoms with E-state index >= 15 is 0 Å². The summed E-state index contributed by atoms with van der Waals surface area (Å²) in [5, 5.41) is 7.63. The normalized spacial score (nSPS) is 17.2. The maximum atomic E-state index is 11.8. The van der Waals surface area contributed by atoms with Gasteiger partial charge in [-0.1, -0.05) is 28.9 Å². The number of allylic oxidation sites excluding steroid dienone is 3. The number of ether oxygens (including phenoxy) is 2. The Bertz CT molecular complexity index is 917. The van der Waals surface area contributed by atoms with Crippen LogP contribution >= 0.6 is 11.6 Å². The number of benzene rings is 1. The molecule has 8 heteroatoms. The molecule has 0 saturated heterocycles. The molecule has 0 radical (unpaired) electrons. The van der Waals surface area contributed by atoms with Crippen molar-refractivity contribution >= 4 is 23.3 Å². The molecule has 136 valence electrons. The van der Waals surface area contributed by atoms with Gasteiger partial charge >= 0.3 is 6.16 Å². The molecular formula is C18H18ClN3O4. The maximum Gasteiger partial charge on any atom is 0.513 e. The highest BCUT2D eigenvalue weighted by Crippen LogP contribution is 2.43. The molecule has 0 amide bonds. The van der Waals surface area contributed by atoms with Crippen molar-refractivity contribution in [1.29, 1.82) is 0 Å². The summed E-state index contributed by atoms with van der Waals surface area (Å²) < 4.78 is 15.5. The van der Waals surface area contributed by atoms with E-state index in [1.54, 1.807) is 13.0 Å². The Kier molecular flexibility index (Phi) is 4.99. The number of dihydropyridines is 1. The van der Waals surface area contributed by atoms with Crippen molar-refractivity contribution in [1.82, 2.24) is 15.5 Å². The molecule has 1 aromatic carbocycles. The first-order chi connectivity index (χ1) is 12.4. The van der Waals surface area contributed by atoms with Crippen LogP contribution < -0.4 is 5.32 Å². The average Bonchev–Trinajstić information content (AvgIpc) is 3.02. The summed E-state index contributed by atoms with van der Waals surface area (Å²) >= 11 is 6.18. The van der Waals surface area contributed by atoms with Gasteiger partial charge in [0.1, 0.15) is 5.76 Å². The fraction of sp³-hybridized carbons (Fsp3) is 0.278. The number of rotatable bonds is 3. The van der Waals surface area contributed by atoms with Gasteiger partial charge in [0.15, 0.2) is 5.82 Å². The topological polar surface area (TPSA) is 86.5 Å². The maximum absolute atomic E-state index is 11.8. The van der Waals surface area contributed by atoms with Gasteiger partial charge in [-0.05, 0) is 38.5 Å². The van der Waals surface area contributed by atoms with Gasteiger partial charge in [0.25, 0.3) is 5.89 Å². The van der Waals surface area contributed by atoms with Gasteiger partial charge in [-0.3, -0.25) is 0 Å². The average molecular weight is 376 g/mol. The monoisotopic (exact) mass is 375 g/mol. The number of halogens is 1. The number of carbonyl (C=O) groups is 1. The van der Waals surface area contributed by atoms with Crippen LogP contribution in [0.25, 0.3) is 5.57 Å². The van der Waals surface area contributed by atoms with E-state index in [4.69, 9.17) is 20.9 Å². The SMILES string of the molecule is COC(=O)OC1=C(C)NC(C)=C(c2nc(C)no2)C1c1cccc(Cl)c1. The molecule has 0 spiro atoms. The van der Waals surface area contributed by atoms with Gasteiger partial charge in [0.05, 0.1) is 24.3 Å². The smallest absolute Gasteiger partial charge is 0.437 e. The van der Waals surface area contributed by atoms with Gasteiger partial charge < -0.3 is 19.3 Å².